The number of imidazole rings is 1. The molecule has 0 saturated heterocycles. The summed E-state index contributed by atoms with van der Waals surface area (Å²) in [5, 5.41) is 4.21. The largest absolute Gasteiger partial charge is 0.295 e. The molecule has 1 fully saturated rings. The summed E-state index contributed by atoms with van der Waals surface area (Å²) >= 11 is 0. The number of allylic oxidation sites excluding steroid dienone is 2. The highest BCUT2D eigenvalue weighted by Gasteiger charge is 2.50. The first-order valence-corrected chi connectivity index (χ1v) is 8.45. The van der Waals surface area contributed by atoms with Gasteiger partial charge in [-0.25, -0.2) is 10.4 Å². The number of rotatable bonds is 3. The fraction of sp³-hybridized carbons (Fsp3) is 0.421. The van der Waals surface area contributed by atoms with E-state index in [1.165, 1.54) is 12.0 Å². The number of carbonyl (C=O) groups excluding carboxylic acids is 1. The Balaban J connectivity index is 1.51. The highest BCUT2D eigenvalue weighted by atomic mass is 16.2. The molecule has 2 unspecified atom stereocenters. The fourth-order valence-corrected chi connectivity index (χ4v) is 4.15. The van der Waals surface area contributed by atoms with Crippen molar-refractivity contribution in [2.75, 3.05) is 0 Å². The van der Waals surface area contributed by atoms with Crippen molar-refractivity contribution in [3.63, 3.8) is 0 Å². The van der Waals surface area contributed by atoms with Crippen molar-refractivity contribution in [1.29, 1.82) is 0 Å². The minimum atomic E-state index is -0.232. The van der Waals surface area contributed by atoms with Crippen molar-refractivity contribution < 1.29 is 4.79 Å². The maximum Gasteiger partial charge on any atom is 0.290 e. The van der Waals surface area contributed by atoms with Crippen molar-refractivity contribution in [3.05, 3.63) is 47.4 Å². The number of fused-ring (bicyclic) bond motifs is 2. The molecular formula is C19H22N4O. The Hall–Kier alpha value is -2.43. The van der Waals surface area contributed by atoms with Gasteiger partial charge in [0.1, 0.15) is 11.3 Å². The second-order valence-electron chi connectivity index (χ2n) is 7.42. The third kappa shape index (κ3) is 2.19. The van der Waals surface area contributed by atoms with Crippen LogP contribution in [0.1, 0.15) is 42.9 Å². The summed E-state index contributed by atoms with van der Waals surface area (Å²) in [6.07, 6.45) is 8.28. The maximum atomic E-state index is 12.5. The number of hydrazone groups is 1. The molecule has 3 aliphatic carbocycles. The lowest BCUT2D eigenvalue weighted by atomic mass is 9.49. The van der Waals surface area contributed by atoms with Crippen LogP contribution in [-0.4, -0.2) is 21.5 Å². The molecule has 2 heterocycles. The average Bonchev–Trinajstić information content (AvgIpc) is 2.90. The monoisotopic (exact) mass is 322 g/mol. The number of nitrogens with one attached hydrogen (secondary N) is 1. The van der Waals surface area contributed by atoms with Crippen molar-refractivity contribution in [1.82, 2.24) is 14.8 Å². The van der Waals surface area contributed by atoms with Crippen molar-refractivity contribution in [2.45, 2.75) is 33.6 Å². The van der Waals surface area contributed by atoms with Gasteiger partial charge in [0.15, 0.2) is 0 Å². The SMILES string of the molecule is Cc1nc2ccccn2c1C(=O)N/N=C/C1=CCC2CC1C2(C)C. The van der Waals surface area contributed by atoms with Gasteiger partial charge in [0.2, 0.25) is 0 Å². The fourth-order valence-electron chi connectivity index (χ4n) is 4.15. The second kappa shape index (κ2) is 5.30. The molecule has 2 bridgehead atoms. The molecule has 1 N–H and O–H groups in total. The van der Waals surface area contributed by atoms with E-state index < -0.39 is 0 Å². The van der Waals surface area contributed by atoms with Crippen LogP contribution in [0.2, 0.25) is 0 Å². The molecule has 2 aromatic heterocycles. The summed E-state index contributed by atoms with van der Waals surface area (Å²) in [4.78, 5) is 16.9. The van der Waals surface area contributed by atoms with Gasteiger partial charge in [-0.2, -0.15) is 5.10 Å². The number of carbonyl (C=O) groups is 1. The Bertz CT molecular complexity index is 875. The molecule has 124 valence electrons. The molecular weight excluding hydrogens is 300 g/mol. The molecule has 1 amide bonds. The maximum absolute atomic E-state index is 12.5. The van der Waals surface area contributed by atoms with Crippen LogP contribution in [0, 0.1) is 24.2 Å². The van der Waals surface area contributed by atoms with E-state index in [9.17, 15) is 4.79 Å². The normalized spacial score (nSPS) is 24.7. The van der Waals surface area contributed by atoms with Gasteiger partial charge in [0.05, 0.1) is 11.9 Å². The Kier molecular flexibility index (Phi) is 3.34. The summed E-state index contributed by atoms with van der Waals surface area (Å²) < 4.78 is 1.79. The van der Waals surface area contributed by atoms with Gasteiger partial charge >= 0.3 is 0 Å². The first-order chi connectivity index (χ1) is 11.5. The van der Waals surface area contributed by atoms with E-state index in [-0.39, 0.29) is 5.91 Å². The van der Waals surface area contributed by atoms with Crippen LogP contribution in [-0.2, 0) is 0 Å². The summed E-state index contributed by atoms with van der Waals surface area (Å²) in [5.41, 5.74) is 6.27. The zero-order valence-electron chi connectivity index (χ0n) is 14.3. The standard InChI is InChI=1S/C19H22N4O/c1-12-17(23-9-5-4-6-16(23)21-12)18(24)22-20-11-13-7-8-14-10-15(13)19(14,2)3/h4-7,9,11,14-15H,8,10H2,1-3H3,(H,22,24)/b20-11+. The highest BCUT2D eigenvalue weighted by molar-refractivity contribution is 5.95. The number of pyridine rings is 1. The van der Waals surface area contributed by atoms with Crippen molar-refractivity contribution in [2.24, 2.45) is 22.4 Å². The van der Waals surface area contributed by atoms with Crippen molar-refractivity contribution >= 4 is 17.8 Å². The predicted molar refractivity (Wildman–Crippen MR) is 94.0 cm³/mol. The quantitative estimate of drug-likeness (QED) is 0.696. The molecule has 0 aromatic carbocycles. The molecule has 0 spiro atoms. The predicted octanol–water partition coefficient (Wildman–Crippen LogP) is 3.35. The van der Waals surface area contributed by atoms with Crippen LogP contribution in [0.4, 0.5) is 0 Å². The van der Waals surface area contributed by atoms with Crippen LogP contribution < -0.4 is 5.43 Å². The average molecular weight is 322 g/mol. The molecule has 0 radical (unpaired) electrons. The third-order valence-corrected chi connectivity index (χ3v) is 5.81. The Morgan fingerprint density at radius 1 is 1.46 bits per heavy atom. The Morgan fingerprint density at radius 3 is 3.04 bits per heavy atom. The molecule has 2 atom stereocenters. The lowest BCUT2D eigenvalue weighted by Gasteiger charge is -2.55. The zero-order chi connectivity index (χ0) is 16.9. The van der Waals surface area contributed by atoms with E-state index >= 15 is 0 Å². The lowest BCUT2D eigenvalue weighted by Crippen LogP contribution is -2.48. The van der Waals surface area contributed by atoms with E-state index in [1.807, 2.05) is 37.5 Å². The molecule has 24 heavy (non-hydrogen) atoms. The zero-order valence-corrected chi connectivity index (χ0v) is 14.3. The molecule has 5 rings (SSSR count). The summed E-state index contributed by atoms with van der Waals surface area (Å²) in [6, 6.07) is 5.68. The number of aryl methyl sites for hydroxylation is 1. The van der Waals surface area contributed by atoms with Crippen LogP contribution in [0.15, 0.2) is 41.1 Å². The van der Waals surface area contributed by atoms with Gasteiger partial charge in [-0.3, -0.25) is 9.20 Å². The number of amides is 1. The smallest absolute Gasteiger partial charge is 0.290 e. The molecule has 2 aromatic rings. The number of nitrogens with zero attached hydrogens (tertiary/aromatic N) is 3. The highest BCUT2D eigenvalue weighted by Crippen LogP contribution is 2.58. The number of aromatic nitrogens is 2. The van der Waals surface area contributed by atoms with E-state index in [0.717, 1.165) is 18.0 Å². The van der Waals surface area contributed by atoms with Gasteiger partial charge in [0, 0.05) is 6.20 Å². The van der Waals surface area contributed by atoms with Gasteiger partial charge in [-0.05, 0) is 54.7 Å². The Morgan fingerprint density at radius 2 is 2.29 bits per heavy atom. The van der Waals surface area contributed by atoms with Gasteiger partial charge in [-0.15, -0.1) is 0 Å². The summed E-state index contributed by atoms with van der Waals surface area (Å²) in [7, 11) is 0. The minimum Gasteiger partial charge on any atom is -0.295 e. The van der Waals surface area contributed by atoms with Crippen molar-refractivity contribution in [3.8, 4) is 0 Å². The number of hydrogen-bond donors (Lipinski definition) is 1. The van der Waals surface area contributed by atoms with E-state index in [4.69, 9.17) is 0 Å². The lowest BCUT2D eigenvalue weighted by molar-refractivity contribution is -0.00126. The first-order valence-electron chi connectivity index (χ1n) is 8.45. The molecule has 3 aliphatic rings. The summed E-state index contributed by atoms with van der Waals surface area (Å²) in [6.45, 7) is 6.49. The molecule has 1 saturated carbocycles. The third-order valence-electron chi connectivity index (χ3n) is 5.81. The van der Waals surface area contributed by atoms with E-state index in [1.54, 1.807) is 4.40 Å². The molecule has 5 nitrogen and oxygen atoms in total. The van der Waals surface area contributed by atoms with Gasteiger partial charge < -0.3 is 0 Å². The van der Waals surface area contributed by atoms with E-state index in [0.29, 0.717) is 22.7 Å². The number of hydrogen-bond acceptors (Lipinski definition) is 3. The Labute approximate surface area is 141 Å². The second-order valence-corrected chi connectivity index (χ2v) is 7.42. The van der Waals surface area contributed by atoms with Crippen LogP contribution in [0.25, 0.3) is 5.65 Å². The van der Waals surface area contributed by atoms with Crippen LogP contribution in [0.5, 0.6) is 0 Å². The summed E-state index contributed by atoms with van der Waals surface area (Å²) in [5.74, 6) is 1.13. The molecule has 0 aliphatic heterocycles. The van der Waals surface area contributed by atoms with Gasteiger partial charge in [-0.1, -0.05) is 26.0 Å². The topological polar surface area (TPSA) is 58.8 Å². The first kappa shape index (κ1) is 15.1. The van der Waals surface area contributed by atoms with Crippen LogP contribution >= 0.6 is 0 Å². The van der Waals surface area contributed by atoms with Gasteiger partial charge in [0.25, 0.3) is 5.91 Å². The minimum absolute atomic E-state index is 0.232. The van der Waals surface area contributed by atoms with Crippen LogP contribution in [0.3, 0.4) is 0 Å². The van der Waals surface area contributed by atoms with E-state index in [2.05, 4.69) is 35.4 Å². The molecule has 5 heteroatoms.